The third kappa shape index (κ3) is 2.80. The molecular weight excluding hydrogens is 316 g/mol. The Balaban J connectivity index is 2.03. The molecule has 3 heterocycles. The third-order valence-electron chi connectivity index (χ3n) is 3.74. The van der Waals surface area contributed by atoms with E-state index in [2.05, 4.69) is 20.5 Å². The number of nitrogens with two attached hydrogens (primary N) is 1. The third-order valence-corrected chi connectivity index (χ3v) is 3.74. The van der Waals surface area contributed by atoms with Crippen LogP contribution in [-0.4, -0.2) is 60.5 Å². The van der Waals surface area contributed by atoms with Crippen molar-refractivity contribution in [1.82, 2.24) is 14.5 Å². The molecule has 3 rings (SSSR count). The Bertz CT molecular complexity index is 772. The van der Waals surface area contributed by atoms with E-state index in [1.54, 1.807) is 6.07 Å². The van der Waals surface area contributed by atoms with Gasteiger partial charge in [-0.2, -0.15) is 5.10 Å². The lowest BCUT2D eigenvalue weighted by molar-refractivity contribution is -0.0511. The van der Waals surface area contributed by atoms with Gasteiger partial charge in [-0.3, -0.25) is 9.99 Å². The van der Waals surface area contributed by atoms with Gasteiger partial charge in [0, 0.05) is 11.8 Å². The maximum Gasteiger partial charge on any atom is 0.166 e. The first-order chi connectivity index (χ1) is 11.4. The fraction of sp³-hybridized carbons (Fsp3) is 0.500. The maximum absolute atomic E-state index is 10.2. The molecule has 0 unspecified atom stereocenters. The van der Waals surface area contributed by atoms with Gasteiger partial charge in [0.25, 0.3) is 0 Å². The Morgan fingerprint density at radius 1 is 1.42 bits per heavy atom. The standard InChI is InChI=1S/C14H20N6O4/c1-6(2)18-19-7-3-9(15)17-13-10(7)16-5-20(13)14-12(23)11(22)8(4-21)24-14/h3,5,8,11-12,14,21-23H,4H2,1-2H3,(H3,15,17,19)/t8-,11-,12-,14-/m1/s1. The minimum absolute atomic E-state index is 0.238. The van der Waals surface area contributed by atoms with Gasteiger partial charge in [-0.05, 0) is 13.8 Å². The van der Waals surface area contributed by atoms with Gasteiger partial charge < -0.3 is 25.8 Å². The van der Waals surface area contributed by atoms with Crippen molar-refractivity contribution in [2.24, 2.45) is 5.10 Å². The molecule has 0 radical (unpaired) electrons. The number of hydrazone groups is 1. The van der Waals surface area contributed by atoms with Gasteiger partial charge in [-0.25, -0.2) is 9.97 Å². The van der Waals surface area contributed by atoms with E-state index < -0.39 is 31.1 Å². The second kappa shape index (κ2) is 6.32. The molecular formula is C14H20N6O4. The zero-order valence-electron chi connectivity index (χ0n) is 13.3. The molecule has 6 N–H and O–H groups in total. The van der Waals surface area contributed by atoms with E-state index in [1.165, 1.54) is 10.9 Å². The predicted octanol–water partition coefficient (Wildman–Crippen LogP) is -0.567. The Morgan fingerprint density at radius 2 is 2.17 bits per heavy atom. The van der Waals surface area contributed by atoms with Gasteiger partial charge in [0.15, 0.2) is 11.9 Å². The molecule has 1 aliphatic rings. The van der Waals surface area contributed by atoms with Crippen LogP contribution in [0.25, 0.3) is 11.2 Å². The highest BCUT2D eigenvalue weighted by Gasteiger charge is 2.44. The molecule has 4 atom stereocenters. The summed E-state index contributed by atoms with van der Waals surface area (Å²) in [5.74, 6) is 0.238. The van der Waals surface area contributed by atoms with E-state index in [-0.39, 0.29) is 5.82 Å². The lowest BCUT2D eigenvalue weighted by Gasteiger charge is -2.16. The SMILES string of the molecule is CC(C)=NNc1cc(N)nc2c1ncn2[C@@H]1O[C@H](CO)[C@@H](O)[C@H]1O. The Kier molecular flexibility index (Phi) is 4.37. The van der Waals surface area contributed by atoms with E-state index in [9.17, 15) is 15.3 Å². The number of nitrogens with zero attached hydrogens (tertiary/aromatic N) is 4. The second-order valence-electron chi connectivity index (χ2n) is 5.82. The van der Waals surface area contributed by atoms with Crippen LogP contribution in [0.2, 0.25) is 0 Å². The number of imidazole rings is 1. The largest absolute Gasteiger partial charge is 0.394 e. The molecule has 2 aromatic heterocycles. The summed E-state index contributed by atoms with van der Waals surface area (Å²) in [5.41, 5.74) is 11.0. The van der Waals surface area contributed by atoms with Gasteiger partial charge >= 0.3 is 0 Å². The molecule has 0 bridgehead atoms. The van der Waals surface area contributed by atoms with Crippen LogP contribution in [0.3, 0.4) is 0 Å². The Morgan fingerprint density at radius 3 is 2.79 bits per heavy atom. The van der Waals surface area contributed by atoms with Crippen molar-refractivity contribution in [3.05, 3.63) is 12.4 Å². The first kappa shape index (κ1) is 16.6. The number of ether oxygens (including phenoxy) is 1. The monoisotopic (exact) mass is 336 g/mol. The zero-order chi connectivity index (χ0) is 17.4. The van der Waals surface area contributed by atoms with E-state index in [0.29, 0.717) is 16.9 Å². The molecule has 0 aliphatic carbocycles. The molecule has 0 aromatic carbocycles. The van der Waals surface area contributed by atoms with Crippen molar-refractivity contribution in [3.63, 3.8) is 0 Å². The van der Waals surface area contributed by atoms with Crippen molar-refractivity contribution in [3.8, 4) is 0 Å². The fourth-order valence-corrected chi connectivity index (χ4v) is 2.58. The second-order valence-corrected chi connectivity index (χ2v) is 5.82. The number of aliphatic hydroxyl groups excluding tert-OH is 3. The number of pyridine rings is 1. The predicted molar refractivity (Wildman–Crippen MR) is 87.4 cm³/mol. The van der Waals surface area contributed by atoms with Gasteiger partial charge in [0.1, 0.15) is 29.6 Å². The highest BCUT2D eigenvalue weighted by atomic mass is 16.6. The summed E-state index contributed by atoms with van der Waals surface area (Å²) in [5, 5.41) is 33.4. The number of nitrogen functional groups attached to an aromatic ring is 1. The number of hydrogen-bond donors (Lipinski definition) is 5. The molecule has 10 nitrogen and oxygen atoms in total. The summed E-state index contributed by atoms with van der Waals surface area (Å²) in [6, 6.07) is 1.60. The summed E-state index contributed by atoms with van der Waals surface area (Å²) >= 11 is 0. The van der Waals surface area contributed by atoms with Gasteiger partial charge in [0.05, 0.1) is 18.6 Å². The maximum atomic E-state index is 10.2. The van der Waals surface area contributed by atoms with Gasteiger partial charge in [-0.15, -0.1) is 0 Å². The topological polar surface area (TPSA) is 151 Å². The molecule has 0 amide bonds. The van der Waals surface area contributed by atoms with E-state index >= 15 is 0 Å². The van der Waals surface area contributed by atoms with Crippen LogP contribution in [0.5, 0.6) is 0 Å². The number of aliphatic hydroxyl groups is 3. The number of anilines is 2. The van der Waals surface area contributed by atoms with Crippen molar-refractivity contribution in [2.45, 2.75) is 38.4 Å². The molecule has 10 heteroatoms. The molecule has 1 fully saturated rings. The van der Waals surface area contributed by atoms with E-state index in [1.807, 2.05) is 13.8 Å². The Labute approximate surface area is 137 Å². The van der Waals surface area contributed by atoms with Crippen LogP contribution in [0, 0.1) is 0 Å². The molecule has 0 spiro atoms. The summed E-state index contributed by atoms with van der Waals surface area (Å²) in [6.45, 7) is 3.27. The van der Waals surface area contributed by atoms with Crippen LogP contribution in [0.15, 0.2) is 17.5 Å². The number of hydrogen-bond acceptors (Lipinski definition) is 9. The van der Waals surface area contributed by atoms with E-state index in [4.69, 9.17) is 10.5 Å². The lowest BCUT2D eigenvalue weighted by Crippen LogP contribution is -2.33. The smallest absolute Gasteiger partial charge is 0.166 e. The van der Waals surface area contributed by atoms with Gasteiger partial charge in [0.2, 0.25) is 0 Å². The van der Waals surface area contributed by atoms with Crippen LogP contribution >= 0.6 is 0 Å². The first-order valence-corrected chi connectivity index (χ1v) is 7.44. The number of aromatic nitrogens is 3. The minimum Gasteiger partial charge on any atom is -0.394 e. The van der Waals surface area contributed by atoms with Gasteiger partial charge in [-0.1, -0.05) is 0 Å². The van der Waals surface area contributed by atoms with E-state index in [0.717, 1.165) is 5.71 Å². The molecule has 1 aliphatic heterocycles. The average Bonchev–Trinajstić information content (AvgIpc) is 3.07. The van der Waals surface area contributed by atoms with Crippen molar-refractivity contribution >= 4 is 28.4 Å². The molecule has 24 heavy (non-hydrogen) atoms. The molecule has 130 valence electrons. The summed E-state index contributed by atoms with van der Waals surface area (Å²) in [7, 11) is 0. The lowest BCUT2D eigenvalue weighted by atomic mass is 10.1. The minimum atomic E-state index is -1.23. The fourth-order valence-electron chi connectivity index (χ4n) is 2.58. The highest BCUT2D eigenvalue weighted by molar-refractivity contribution is 5.88. The van der Waals surface area contributed by atoms with Crippen molar-refractivity contribution < 1.29 is 20.1 Å². The number of rotatable bonds is 4. The summed E-state index contributed by atoms with van der Waals surface area (Å²) in [4.78, 5) is 8.50. The van der Waals surface area contributed by atoms with Crippen LogP contribution < -0.4 is 11.2 Å². The van der Waals surface area contributed by atoms with Crippen LogP contribution in [0.1, 0.15) is 20.1 Å². The summed E-state index contributed by atoms with van der Waals surface area (Å²) in [6.07, 6.45) is -2.81. The number of nitrogens with one attached hydrogen (secondary N) is 1. The van der Waals surface area contributed by atoms with Crippen molar-refractivity contribution in [1.29, 1.82) is 0 Å². The molecule has 2 aromatic rings. The summed E-state index contributed by atoms with van der Waals surface area (Å²) < 4.78 is 6.98. The number of fused-ring (bicyclic) bond motifs is 1. The zero-order valence-corrected chi connectivity index (χ0v) is 13.3. The molecule has 1 saturated heterocycles. The normalized spacial score (nSPS) is 26.7. The quantitative estimate of drug-likeness (QED) is 0.368. The molecule has 0 saturated carbocycles. The van der Waals surface area contributed by atoms with Crippen LogP contribution in [0.4, 0.5) is 11.5 Å². The average molecular weight is 336 g/mol. The first-order valence-electron chi connectivity index (χ1n) is 7.44. The van der Waals surface area contributed by atoms with Crippen molar-refractivity contribution in [2.75, 3.05) is 17.8 Å². The highest BCUT2D eigenvalue weighted by Crippen LogP contribution is 2.33. The Hall–Kier alpha value is -2.27. The van der Waals surface area contributed by atoms with Crippen LogP contribution in [-0.2, 0) is 4.74 Å².